The van der Waals surface area contributed by atoms with Gasteiger partial charge in [-0.3, -0.25) is 0 Å². The van der Waals surface area contributed by atoms with Gasteiger partial charge in [0, 0.05) is 13.2 Å². The Kier molecular flexibility index (Phi) is 3.27. The van der Waals surface area contributed by atoms with Gasteiger partial charge in [0.05, 0.1) is 11.8 Å². The van der Waals surface area contributed by atoms with Crippen LogP contribution < -0.4 is 5.32 Å². The van der Waals surface area contributed by atoms with E-state index >= 15 is 0 Å². The van der Waals surface area contributed by atoms with Gasteiger partial charge >= 0.3 is 5.97 Å². The van der Waals surface area contributed by atoms with Gasteiger partial charge in [0.15, 0.2) is 11.9 Å². The number of anilines is 1. The summed E-state index contributed by atoms with van der Waals surface area (Å²) < 4.78 is 1.86. The van der Waals surface area contributed by atoms with Crippen molar-refractivity contribution in [2.75, 3.05) is 5.32 Å². The lowest BCUT2D eigenvalue weighted by Gasteiger charge is -2.15. The van der Waals surface area contributed by atoms with Gasteiger partial charge in [-0.15, -0.1) is 0 Å². The summed E-state index contributed by atoms with van der Waals surface area (Å²) in [6.45, 7) is 0. The molecule has 0 radical (unpaired) electrons. The predicted molar refractivity (Wildman–Crippen MR) is 79.0 cm³/mol. The number of nitrogens with one attached hydrogen (secondary N) is 1. The minimum Gasteiger partial charge on any atom is -0.479 e. The van der Waals surface area contributed by atoms with Crippen molar-refractivity contribution in [3.63, 3.8) is 0 Å². The van der Waals surface area contributed by atoms with Gasteiger partial charge in [0.25, 0.3) is 0 Å². The molecule has 21 heavy (non-hydrogen) atoms. The van der Waals surface area contributed by atoms with Crippen molar-refractivity contribution in [1.82, 2.24) is 14.5 Å². The average molecular weight is 282 g/mol. The van der Waals surface area contributed by atoms with Crippen LogP contribution in [0.3, 0.4) is 0 Å². The van der Waals surface area contributed by atoms with Gasteiger partial charge in [-0.25, -0.2) is 14.8 Å². The minimum absolute atomic E-state index is 0.462. The van der Waals surface area contributed by atoms with Crippen LogP contribution in [0.15, 0.2) is 48.9 Å². The molecule has 0 aliphatic heterocycles. The Morgan fingerprint density at radius 1 is 1.24 bits per heavy atom. The molecule has 6 heteroatoms. The molecule has 0 saturated heterocycles. The molecular formula is C15H14N4O2. The predicted octanol–water partition coefficient (Wildman–Crippen LogP) is 2.21. The normalized spacial score (nSPS) is 12.2. The molecule has 2 heterocycles. The van der Waals surface area contributed by atoms with E-state index in [9.17, 15) is 9.90 Å². The Bertz CT molecular complexity index is 783. The van der Waals surface area contributed by atoms with Crippen LogP contribution >= 0.6 is 0 Å². The quantitative estimate of drug-likeness (QED) is 0.767. The molecule has 0 bridgehead atoms. The van der Waals surface area contributed by atoms with E-state index in [2.05, 4.69) is 15.3 Å². The number of nitrogens with zero attached hydrogens (tertiary/aromatic N) is 3. The fourth-order valence-electron chi connectivity index (χ4n) is 2.24. The second kappa shape index (κ2) is 5.24. The molecule has 0 fully saturated rings. The maximum Gasteiger partial charge on any atom is 0.330 e. The lowest BCUT2D eigenvalue weighted by Crippen LogP contribution is -2.21. The van der Waals surface area contributed by atoms with E-state index in [0.29, 0.717) is 16.9 Å². The number of imidazole rings is 1. The summed E-state index contributed by atoms with van der Waals surface area (Å²) in [5, 5.41) is 12.4. The lowest BCUT2D eigenvalue weighted by molar-refractivity contribution is -0.138. The summed E-state index contributed by atoms with van der Waals surface area (Å²) in [4.78, 5) is 20.0. The summed E-state index contributed by atoms with van der Waals surface area (Å²) in [6, 6.07) is 9.97. The highest BCUT2D eigenvalue weighted by Gasteiger charge is 2.21. The first-order valence-electron chi connectivity index (χ1n) is 6.47. The number of hydrogen-bond acceptors (Lipinski definition) is 4. The van der Waals surface area contributed by atoms with Crippen molar-refractivity contribution in [1.29, 1.82) is 0 Å². The van der Waals surface area contributed by atoms with E-state index in [1.54, 1.807) is 24.7 Å². The number of hydrogen-bond donors (Lipinski definition) is 2. The highest BCUT2D eigenvalue weighted by molar-refractivity contribution is 5.88. The third-order valence-corrected chi connectivity index (χ3v) is 3.30. The Morgan fingerprint density at radius 2 is 2.00 bits per heavy atom. The third kappa shape index (κ3) is 2.43. The van der Waals surface area contributed by atoms with Crippen LogP contribution in [0.25, 0.3) is 11.0 Å². The van der Waals surface area contributed by atoms with Crippen molar-refractivity contribution in [2.45, 2.75) is 6.04 Å². The Balaban J connectivity index is 2.01. The van der Waals surface area contributed by atoms with Crippen molar-refractivity contribution >= 4 is 22.8 Å². The first kappa shape index (κ1) is 13.1. The van der Waals surface area contributed by atoms with Gasteiger partial charge < -0.3 is 15.0 Å². The lowest BCUT2D eigenvalue weighted by atomic mass is 10.1. The Morgan fingerprint density at radius 3 is 2.71 bits per heavy atom. The molecule has 0 aliphatic rings. The highest BCUT2D eigenvalue weighted by atomic mass is 16.4. The second-order valence-electron chi connectivity index (χ2n) is 4.71. The zero-order chi connectivity index (χ0) is 14.8. The zero-order valence-corrected chi connectivity index (χ0v) is 11.4. The molecule has 6 nitrogen and oxygen atoms in total. The molecule has 3 rings (SSSR count). The van der Waals surface area contributed by atoms with Crippen LogP contribution in [-0.2, 0) is 11.8 Å². The van der Waals surface area contributed by atoms with Crippen molar-refractivity contribution in [2.24, 2.45) is 7.05 Å². The molecule has 1 unspecified atom stereocenters. The van der Waals surface area contributed by atoms with Crippen molar-refractivity contribution in [3.8, 4) is 0 Å². The highest BCUT2D eigenvalue weighted by Crippen LogP contribution is 2.24. The summed E-state index contributed by atoms with van der Waals surface area (Å²) in [5.41, 5.74) is 2.21. The van der Waals surface area contributed by atoms with Crippen molar-refractivity contribution in [3.05, 3.63) is 54.5 Å². The van der Waals surface area contributed by atoms with Gasteiger partial charge in [-0.1, -0.05) is 30.3 Å². The molecule has 1 aromatic carbocycles. The smallest absolute Gasteiger partial charge is 0.330 e. The van der Waals surface area contributed by atoms with E-state index in [0.717, 1.165) is 5.52 Å². The van der Waals surface area contributed by atoms with E-state index < -0.39 is 12.0 Å². The first-order chi connectivity index (χ1) is 10.2. The maximum atomic E-state index is 11.5. The number of carbonyl (C=O) groups is 1. The standard InChI is InChI=1S/C15H14N4O2/c1-19-9-17-13-11(19)7-8-16-14(13)18-12(15(20)21)10-5-3-2-4-6-10/h2-9,12H,1H3,(H,16,18)(H,20,21). The number of aromatic nitrogens is 3. The molecule has 2 aromatic heterocycles. The van der Waals surface area contributed by atoms with Crippen LogP contribution in [0.5, 0.6) is 0 Å². The topological polar surface area (TPSA) is 80.0 Å². The van der Waals surface area contributed by atoms with E-state index in [-0.39, 0.29) is 0 Å². The second-order valence-corrected chi connectivity index (χ2v) is 4.71. The molecule has 0 spiro atoms. The number of carboxylic acids is 1. The van der Waals surface area contributed by atoms with E-state index in [1.807, 2.05) is 35.9 Å². The fraction of sp³-hybridized carbons (Fsp3) is 0.133. The molecule has 0 amide bonds. The Labute approximate surface area is 121 Å². The molecule has 2 N–H and O–H groups in total. The average Bonchev–Trinajstić information content (AvgIpc) is 2.88. The van der Waals surface area contributed by atoms with Crippen LogP contribution in [-0.4, -0.2) is 25.6 Å². The van der Waals surface area contributed by atoms with Gasteiger partial charge in [-0.05, 0) is 11.6 Å². The molecule has 106 valence electrons. The van der Waals surface area contributed by atoms with Gasteiger partial charge in [0.2, 0.25) is 0 Å². The fourth-order valence-corrected chi connectivity index (χ4v) is 2.24. The maximum absolute atomic E-state index is 11.5. The van der Waals surface area contributed by atoms with Crippen LogP contribution in [0, 0.1) is 0 Å². The SMILES string of the molecule is Cn1cnc2c(NC(C(=O)O)c3ccccc3)nccc21. The summed E-state index contributed by atoms with van der Waals surface area (Å²) >= 11 is 0. The number of aliphatic carboxylic acids is 1. The van der Waals surface area contributed by atoms with Gasteiger partial charge in [-0.2, -0.15) is 0 Å². The number of carboxylic acid groups (broad SMARTS) is 1. The number of fused-ring (bicyclic) bond motifs is 1. The summed E-state index contributed by atoms with van der Waals surface area (Å²) in [6.07, 6.45) is 3.31. The largest absolute Gasteiger partial charge is 0.479 e. The van der Waals surface area contributed by atoms with Crippen LogP contribution in [0.2, 0.25) is 0 Å². The number of rotatable bonds is 4. The summed E-state index contributed by atoms with van der Waals surface area (Å²) in [5.74, 6) is -0.500. The molecule has 3 aromatic rings. The minimum atomic E-state index is -0.962. The molecular weight excluding hydrogens is 268 g/mol. The summed E-state index contributed by atoms with van der Waals surface area (Å²) in [7, 11) is 1.88. The van der Waals surface area contributed by atoms with Crippen LogP contribution in [0.4, 0.5) is 5.82 Å². The Hall–Kier alpha value is -2.89. The van der Waals surface area contributed by atoms with Gasteiger partial charge in [0.1, 0.15) is 5.52 Å². The van der Waals surface area contributed by atoms with E-state index in [4.69, 9.17) is 0 Å². The first-order valence-corrected chi connectivity index (χ1v) is 6.47. The number of aryl methyl sites for hydroxylation is 1. The van der Waals surface area contributed by atoms with Crippen molar-refractivity contribution < 1.29 is 9.90 Å². The third-order valence-electron chi connectivity index (χ3n) is 3.30. The monoisotopic (exact) mass is 282 g/mol. The number of pyridine rings is 1. The van der Waals surface area contributed by atoms with E-state index in [1.165, 1.54) is 0 Å². The molecule has 1 atom stereocenters. The molecule has 0 aliphatic carbocycles. The zero-order valence-electron chi connectivity index (χ0n) is 11.4. The van der Waals surface area contributed by atoms with Crippen LogP contribution in [0.1, 0.15) is 11.6 Å². The molecule has 0 saturated carbocycles. The number of benzene rings is 1.